The van der Waals surface area contributed by atoms with E-state index in [-0.39, 0.29) is 35.9 Å². The van der Waals surface area contributed by atoms with Crippen LogP contribution >= 0.6 is 0 Å². The van der Waals surface area contributed by atoms with Crippen molar-refractivity contribution in [3.05, 3.63) is 0 Å². The molecule has 5 nitrogen and oxygen atoms in total. The van der Waals surface area contributed by atoms with Gasteiger partial charge in [0.1, 0.15) is 5.54 Å². The quantitative estimate of drug-likeness (QED) is 0.702. The highest BCUT2D eigenvalue weighted by atomic mass is 16.5. The summed E-state index contributed by atoms with van der Waals surface area (Å²) in [5.41, 5.74) is 5.39. The molecule has 2 saturated heterocycles. The van der Waals surface area contributed by atoms with E-state index in [0.717, 1.165) is 6.42 Å². The number of rotatable bonds is 2. The molecular formula is C13H22N2O3. The standard InChI is InChI=1S/C13H22N2O3/c1-12(2)10-9(3-4-18-10)13(12,14)11(17)15-5-8(6-15)7-16/h8-10,16H,3-7,14H2,1-2H3. The molecule has 3 atom stereocenters. The second kappa shape index (κ2) is 3.68. The predicted octanol–water partition coefficient (Wildman–Crippen LogP) is -0.420. The predicted molar refractivity (Wildman–Crippen MR) is 65.7 cm³/mol. The molecule has 5 heteroatoms. The van der Waals surface area contributed by atoms with E-state index in [9.17, 15) is 4.79 Å². The van der Waals surface area contributed by atoms with Gasteiger partial charge in [0.25, 0.3) is 0 Å². The summed E-state index contributed by atoms with van der Waals surface area (Å²) < 4.78 is 5.70. The summed E-state index contributed by atoms with van der Waals surface area (Å²) in [6.45, 7) is 6.21. The number of nitrogens with two attached hydrogens (primary N) is 1. The molecule has 0 aromatic rings. The molecule has 3 fully saturated rings. The van der Waals surface area contributed by atoms with Crippen LogP contribution in [0.4, 0.5) is 0 Å². The Morgan fingerprint density at radius 1 is 1.50 bits per heavy atom. The first kappa shape index (κ1) is 12.4. The lowest BCUT2D eigenvalue weighted by molar-refractivity contribution is -0.189. The Bertz CT molecular complexity index is 378. The third kappa shape index (κ3) is 1.25. The molecule has 3 aliphatic rings. The Hall–Kier alpha value is -0.650. The molecular weight excluding hydrogens is 232 g/mol. The van der Waals surface area contributed by atoms with E-state index in [0.29, 0.717) is 19.7 Å². The molecule has 1 aliphatic carbocycles. The number of amides is 1. The molecule has 102 valence electrons. The first-order chi connectivity index (χ1) is 8.42. The molecule has 2 aliphatic heterocycles. The molecule has 18 heavy (non-hydrogen) atoms. The number of hydrogen-bond acceptors (Lipinski definition) is 4. The van der Waals surface area contributed by atoms with Crippen LogP contribution < -0.4 is 5.73 Å². The molecule has 0 aromatic heterocycles. The van der Waals surface area contributed by atoms with Crippen LogP contribution in [0.1, 0.15) is 20.3 Å². The van der Waals surface area contributed by atoms with E-state index in [1.807, 2.05) is 13.8 Å². The Labute approximate surface area is 107 Å². The molecule has 3 rings (SSSR count). The normalized spacial score (nSPS) is 42.1. The van der Waals surface area contributed by atoms with Gasteiger partial charge in [0.2, 0.25) is 5.91 Å². The molecule has 3 N–H and O–H groups in total. The van der Waals surface area contributed by atoms with Gasteiger partial charge in [-0.05, 0) is 6.42 Å². The van der Waals surface area contributed by atoms with Crippen LogP contribution in [0.2, 0.25) is 0 Å². The Morgan fingerprint density at radius 3 is 2.78 bits per heavy atom. The van der Waals surface area contributed by atoms with E-state index in [1.165, 1.54) is 0 Å². The van der Waals surface area contributed by atoms with Crippen molar-refractivity contribution in [1.29, 1.82) is 0 Å². The van der Waals surface area contributed by atoms with Crippen molar-refractivity contribution < 1.29 is 14.6 Å². The van der Waals surface area contributed by atoms with E-state index < -0.39 is 5.54 Å². The zero-order valence-electron chi connectivity index (χ0n) is 11.1. The zero-order chi connectivity index (χ0) is 13.1. The number of aliphatic hydroxyl groups excluding tert-OH is 1. The second-order valence-corrected chi connectivity index (χ2v) is 6.54. The smallest absolute Gasteiger partial charge is 0.243 e. The molecule has 0 radical (unpaired) electrons. The fraction of sp³-hybridized carbons (Fsp3) is 0.923. The maximum atomic E-state index is 12.6. The van der Waals surface area contributed by atoms with Crippen molar-refractivity contribution in [2.45, 2.75) is 31.9 Å². The zero-order valence-corrected chi connectivity index (χ0v) is 11.1. The molecule has 2 heterocycles. The average Bonchev–Trinajstić information content (AvgIpc) is 2.73. The Morgan fingerprint density at radius 2 is 2.17 bits per heavy atom. The molecule has 3 unspecified atom stereocenters. The fourth-order valence-corrected chi connectivity index (χ4v) is 3.93. The van der Waals surface area contributed by atoms with Crippen molar-refractivity contribution in [1.82, 2.24) is 4.90 Å². The number of hydrogen-bond donors (Lipinski definition) is 2. The number of carbonyl (C=O) groups is 1. The fourth-order valence-electron chi connectivity index (χ4n) is 3.93. The van der Waals surface area contributed by atoms with Crippen molar-refractivity contribution >= 4 is 5.91 Å². The first-order valence-corrected chi connectivity index (χ1v) is 6.73. The van der Waals surface area contributed by atoms with E-state index >= 15 is 0 Å². The van der Waals surface area contributed by atoms with Gasteiger partial charge in [0.15, 0.2) is 0 Å². The van der Waals surface area contributed by atoms with Gasteiger partial charge < -0.3 is 20.5 Å². The minimum Gasteiger partial charge on any atom is -0.396 e. The number of likely N-dealkylation sites (tertiary alicyclic amines) is 1. The van der Waals surface area contributed by atoms with Crippen molar-refractivity contribution in [2.75, 3.05) is 26.3 Å². The van der Waals surface area contributed by atoms with Gasteiger partial charge in [-0.3, -0.25) is 4.79 Å². The van der Waals surface area contributed by atoms with Crippen LogP contribution in [0.5, 0.6) is 0 Å². The van der Waals surface area contributed by atoms with Gasteiger partial charge in [-0.1, -0.05) is 13.8 Å². The van der Waals surface area contributed by atoms with Gasteiger partial charge in [0.05, 0.1) is 6.10 Å². The Kier molecular flexibility index (Phi) is 2.53. The summed E-state index contributed by atoms with van der Waals surface area (Å²) in [5, 5.41) is 9.02. The maximum absolute atomic E-state index is 12.6. The van der Waals surface area contributed by atoms with Gasteiger partial charge in [0, 0.05) is 43.6 Å². The second-order valence-electron chi connectivity index (χ2n) is 6.54. The van der Waals surface area contributed by atoms with E-state index in [1.54, 1.807) is 4.90 Å². The summed E-state index contributed by atoms with van der Waals surface area (Å²) >= 11 is 0. The van der Waals surface area contributed by atoms with Gasteiger partial charge in [-0.15, -0.1) is 0 Å². The van der Waals surface area contributed by atoms with Crippen LogP contribution in [-0.4, -0.2) is 53.9 Å². The monoisotopic (exact) mass is 254 g/mol. The summed E-state index contributed by atoms with van der Waals surface area (Å²) in [5.74, 6) is 0.438. The average molecular weight is 254 g/mol. The topological polar surface area (TPSA) is 75.8 Å². The first-order valence-electron chi connectivity index (χ1n) is 6.73. The van der Waals surface area contributed by atoms with Gasteiger partial charge in [-0.2, -0.15) is 0 Å². The van der Waals surface area contributed by atoms with Gasteiger partial charge in [-0.25, -0.2) is 0 Å². The molecule has 1 amide bonds. The molecule has 0 bridgehead atoms. The largest absolute Gasteiger partial charge is 0.396 e. The molecule has 1 saturated carbocycles. The van der Waals surface area contributed by atoms with E-state index in [4.69, 9.17) is 15.6 Å². The van der Waals surface area contributed by atoms with Crippen LogP contribution in [-0.2, 0) is 9.53 Å². The van der Waals surface area contributed by atoms with Gasteiger partial charge >= 0.3 is 0 Å². The SMILES string of the molecule is CC1(C)C2OCCC2C1(N)C(=O)N1CC(CO)C1. The summed E-state index contributed by atoms with van der Waals surface area (Å²) in [4.78, 5) is 14.4. The highest BCUT2D eigenvalue weighted by Crippen LogP contribution is 2.58. The highest BCUT2D eigenvalue weighted by molar-refractivity contribution is 5.90. The highest BCUT2D eigenvalue weighted by Gasteiger charge is 2.72. The third-order valence-electron chi connectivity index (χ3n) is 5.31. The minimum atomic E-state index is -0.783. The number of nitrogens with zero attached hydrogens (tertiary/aromatic N) is 1. The summed E-state index contributed by atoms with van der Waals surface area (Å²) in [7, 11) is 0. The lowest BCUT2D eigenvalue weighted by atomic mass is 9.47. The number of fused-ring (bicyclic) bond motifs is 1. The minimum absolute atomic E-state index is 0.0453. The lowest BCUT2D eigenvalue weighted by Gasteiger charge is -2.62. The van der Waals surface area contributed by atoms with Crippen LogP contribution in [0.25, 0.3) is 0 Å². The van der Waals surface area contributed by atoms with Crippen molar-refractivity contribution in [3.63, 3.8) is 0 Å². The molecule has 0 aromatic carbocycles. The van der Waals surface area contributed by atoms with Crippen LogP contribution in [0.15, 0.2) is 0 Å². The number of aliphatic hydroxyl groups is 1. The number of ether oxygens (including phenoxy) is 1. The summed E-state index contributed by atoms with van der Waals surface area (Å²) in [6.07, 6.45) is 1.01. The lowest BCUT2D eigenvalue weighted by Crippen LogP contribution is -2.81. The van der Waals surface area contributed by atoms with Crippen molar-refractivity contribution in [3.8, 4) is 0 Å². The number of carbonyl (C=O) groups excluding carboxylic acids is 1. The molecule has 0 spiro atoms. The maximum Gasteiger partial charge on any atom is 0.243 e. The van der Waals surface area contributed by atoms with Crippen LogP contribution in [0.3, 0.4) is 0 Å². The third-order valence-corrected chi connectivity index (χ3v) is 5.31. The Balaban J connectivity index is 1.77. The van der Waals surface area contributed by atoms with E-state index in [2.05, 4.69) is 0 Å². The summed E-state index contributed by atoms with van der Waals surface area (Å²) in [6, 6.07) is 0. The van der Waals surface area contributed by atoms with Crippen LogP contribution in [0, 0.1) is 17.3 Å². The van der Waals surface area contributed by atoms with Crippen molar-refractivity contribution in [2.24, 2.45) is 23.0 Å².